The lowest BCUT2D eigenvalue weighted by molar-refractivity contribution is 0.453. The summed E-state index contributed by atoms with van der Waals surface area (Å²) in [5, 5.41) is -0.0318. The van der Waals surface area contributed by atoms with Crippen molar-refractivity contribution in [2.45, 2.75) is 19.8 Å². The van der Waals surface area contributed by atoms with Crippen molar-refractivity contribution in [3.05, 3.63) is 101 Å². The van der Waals surface area contributed by atoms with Crippen molar-refractivity contribution in [2.24, 2.45) is 0 Å². The highest BCUT2D eigenvalue weighted by atomic mass is 19.2. The van der Waals surface area contributed by atoms with Gasteiger partial charge in [0.15, 0.2) is 17.5 Å². The lowest BCUT2D eigenvalue weighted by Crippen LogP contribution is -1.95. The van der Waals surface area contributed by atoms with E-state index in [1.165, 1.54) is 18.2 Å². The molecule has 0 aliphatic rings. The van der Waals surface area contributed by atoms with E-state index in [1.54, 1.807) is 12.3 Å². The van der Waals surface area contributed by atoms with E-state index in [2.05, 4.69) is 16.8 Å². The molecule has 160 valence electrons. The molecule has 4 rings (SSSR count). The van der Waals surface area contributed by atoms with Gasteiger partial charge in [-0.25, -0.2) is 22.0 Å². The predicted molar refractivity (Wildman–Crippen MR) is 113 cm³/mol. The van der Waals surface area contributed by atoms with Crippen LogP contribution in [0.2, 0.25) is 0 Å². The van der Waals surface area contributed by atoms with E-state index in [-0.39, 0.29) is 21.9 Å². The molecule has 0 bridgehead atoms. The topological polar surface area (TPSA) is 12.9 Å². The van der Waals surface area contributed by atoms with Crippen molar-refractivity contribution in [1.82, 2.24) is 4.98 Å². The summed E-state index contributed by atoms with van der Waals surface area (Å²) in [4.78, 5) is 4.26. The van der Waals surface area contributed by atoms with Crippen LogP contribution >= 0.6 is 0 Å². The van der Waals surface area contributed by atoms with Crippen molar-refractivity contribution >= 4 is 10.8 Å². The molecule has 0 N–H and O–H groups in total. The van der Waals surface area contributed by atoms with Crippen molar-refractivity contribution in [2.75, 3.05) is 0 Å². The van der Waals surface area contributed by atoms with Gasteiger partial charge < -0.3 is 0 Å². The quantitative estimate of drug-likeness (QED) is 0.192. The van der Waals surface area contributed by atoms with Crippen LogP contribution in [0.15, 0.2) is 54.7 Å². The van der Waals surface area contributed by atoms with Gasteiger partial charge in [-0.2, -0.15) is 0 Å². The minimum atomic E-state index is -1.56. The molecule has 0 saturated carbocycles. The Morgan fingerprint density at radius 2 is 1.53 bits per heavy atom. The minimum absolute atomic E-state index is 0.0853. The Hall–Kier alpha value is -3.72. The third kappa shape index (κ3) is 4.19. The number of benzene rings is 3. The van der Waals surface area contributed by atoms with E-state index in [4.69, 9.17) is 0 Å². The summed E-state index contributed by atoms with van der Waals surface area (Å²) in [6, 6.07) is 10.6. The molecule has 32 heavy (non-hydrogen) atoms. The van der Waals surface area contributed by atoms with E-state index in [9.17, 15) is 22.0 Å². The third-order valence-corrected chi connectivity index (χ3v) is 5.01. The van der Waals surface area contributed by atoms with Crippen LogP contribution in [-0.2, 0) is 6.42 Å². The van der Waals surface area contributed by atoms with Gasteiger partial charge >= 0.3 is 0 Å². The van der Waals surface area contributed by atoms with Gasteiger partial charge in [0.2, 0.25) is 0 Å². The van der Waals surface area contributed by atoms with E-state index in [0.717, 1.165) is 36.6 Å². The maximum absolute atomic E-state index is 14.6. The van der Waals surface area contributed by atoms with E-state index < -0.39 is 34.6 Å². The summed E-state index contributed by atoms with van der Waals surface area (Å²) in [7, 11) is 0. The average molecular weight is 437 g/mol. The van der Waals surface area contributed by atoms with Gasteiger partial charge in [-0.3, -0.25) is 4.98 Å². The zero-order valence-electron chi connectivity index (χ0n) is 16.9. The molecule has 0 unspecified atom stereocenters. The summed E-state index contributed by atoms with van der Waals surface area (Å²) in [5.74, 6) is -0.891. The van der Waals surface area contributed by atoms with Crippen molar-refractivity contribution in [3.63, 3.8) is 0 Å². The predicted octanol–water partition coefficient (Wildman–Crippen LogP) is 6.95. The number of fused-ring (bicyclic) bond motifs is 1. The Labute approximate surface area is 181 Å². The molecule has 0 atom stereocenters. The zero-order chi connectivity index (χ0) is 22.8. The summed E-state index contributed by atoms with van der Waals surface area (Å²) in [5.41, 5.74) is 1.59. The van der Waals surface area contributed by atoms with Crippen LogP contribution in [0, 0.1) is 40.9 Å². The largest absolute Gasteiger partial charge is 0.256 e. The Kier molecular flexibility index (Phi) is 5.91. The molecule has 1 nitrogen and oxygen atoms in total. The smallest absolute Gasteiger partial charge is 0.195 e. The molecule has 0 amide bonds. The number of aromatic nitrogens is 1. The van der Waals surface area contributed by atoms with Gasteiger partial charge in [-0.1, -0.05) is 37.3 Å². The molecular formula is C26H16F5N. The SMILES string of the molecule is CCCc1ccc(-c2cc(F)c(C#Cc3ccc4c(F)c(F)c(F)cc4c3)c(F)c2)nc1. The Bertz CT molecular complexity index is 1360. The molecule has 0 radical (unpaired) electrons. The second kappa shape index (κ2) is 8.80. The summed E-state index contributed by atoms with van der Waals surface area (Å²) in [6.07, 6.45) is 3.52. The van der Waals surface area contributed by atoms with Gasteiger partial charge in [-0.05, 0) is 53.8 Å². The van der Waals surface area contributed by atoms with Gasteiger partial charge in [0, 0.05) is 22.7 Å². The summed E-state index contributed by atoms with van der Waals surface area (Å²) < 4.78 is 69.9. The first-order valence-corrected chi connectivity index (χ1v) is 9.91. The van der Waals surface area contributed by atoms with Crippen molar-refractivity contribution in [1.29, 1.82) is 0 Å². The fourth-order valence-corrected chi connectivity index (χ4v) is 3.39. The van der Waals surface area contributed by atoms with Crippen molar-refractivity contribution < 1.29 is 22.0 Å². The Balaban J connectivity index is 1.67. The average Bonchev–Trinajstić information content (AvgIpc) is 2.77. The third-order valence-electron chi connectivity index (χ3n) is 5.01. The lowest BCUT2D eigenvalue weighted by Gasteiger charge is -2.05. The molecule has 6 heteroatoms. The molecular weight excluding hydrogens is 421 g/mol. The number of hydrogen-bond donors (Lipinski definition) is 0. The monoisotopic (exact) mass is 437 g/mol. The lowest BCUT2D eigenvalue weighted by atomic mass is 10.0. The maximum Gasteiger partial charge on any atom is 0.195 e. The van der Waals surface area contributed by atoms with Gasteiger partial charge in [0.1, 0.15) is 11.6 Å². The maximum atomic E-state index is 14.6. The number of rotatable bonds is 3. The number of aryl methyl sites for hydroxylation is 1. The van der Waals surface area contributed by atoms with Crippen LogP contribution in [0.5, 0.6) is 0 Å². The number of pyridine rings is 1. The van der Waals surface area contributed by atoms with Crippen molar-refractivity contribution in [3.8, 4) is 23.1 Å². The molecule has 4 aromatic rings. The zero-order valence-corrected chi connectivity index (χ0v) is 16.9. The molecule has 0 spiro atoms. The molecule has 3 aromatic carbocycles. The summed E-state index contributed by atoms with van der Waals surface area (Å²) >= 11 is 0. The molecule has 0 saturated heterocycles. The molecule has 0 fully saturated rings. The summed E-state index contributed by atoms with van der Waals surface area (Å²) in [6.45, 7) is 2.05. The van der Waals surface area contributed by atoms with Crippen LogP contribution in [0.4, 0.5) is 22.0 Å². The Morgan fingerprint density at radius 1 is 0.781 bits per heavy atom. The van der Waals surface area contributed by atoms with E-state index >= 15 is 0 Å². The standard InChI is InChI=1S/C26H16F5N/c1-2-3-16-6-9-24(32-14-16)18-12-21(27)20(22(28)13-18)8-5-15-4-7-19-17(10-15)11-23(29)26(31)25(19)30/h4,6-7,9-14H,2-3H2,1H3. The van der Waals surface area contributed by atoms with Gasteiger partial charge in [0.05, 0.1) is 11.3 Å². The second-order valence-electron chi connectivity index (χ2n) is 7.29. The van der Waals surface area contributed by atoms with Crippen LogP contribution < -0.4 is 0 Å². The minimum Gasteiger partial charge on any atom is -0.256 e. The first-order valence-electron chi connectivity index (χ1n) is 9.91. The van der Waals surface area contributed by atoms with Crippen LogP contribution in [0.25, 0.3) is 22.0 Å². The fourth-order valence-electron chi connectivity index (χ4n) is 3.39. The first-order chi connectivity index (χ1) is 15.4. The van der Waals surface area contributed by atoms with Crippen LogP contribution in [0.1, 0.15) is 30.0 Å². The molecule has 1 heterocycles. The first kappa shape index (κ1) is 21.5. The number of halogens is 5. The number of nitrogens with zero attached hydrogens (tertiary/aromatic N) is 1. The second-order valence-corrected chi connectivity index (χ2v) is 7.29. The van der Waals surface area contributed by atoms with E-state index in [1.807, 2.05) is 13.0 Å². The van der Waals surface area contributed by atoms with Crippen LogP contribution in [0.3, 0.4) is 0 Å². The van der Waals surface area contributed by atoms with Gasteiger partial charge in [-0.15, -0.1) is 0 Å². The molecule has 1 aromatic heterocycles. The normalized spacial score (nSPS) is 10.8. The molecule has 0 aliphatic heterocycles. The van der Waals surface area contributed by atoms with Crippen LogP contribution in [-0.4, -0.2) is 4.98 Å². The highest BCUT2D eigenvalue weighted by molar-refractivity contribution is 5.84. The fraction of sp³-hybridized carbons (Fsp3) is 0.115. The molecule has 0 aliphatic carbocycles. The Morgan fingerprint density at radius 3 is 2.19 bits per heavy atom. The van der Waals surface area contributed by atoms with E-state index in [0.29, 0.717) is 5.69 Å². The number of hydrogen-bond acceptors (Lipinski definition) is 1. The van der Waals surface area contributed by atoms with Gasteiger partial charge in [0.25, 0.3) is 0 Å². The highest BCUT2D eigenvalue weighted by Gasteiger charge is 2.14. The highest BCUT2D eigenvalue weighted by Crippen LogP contribution is 2.25.